The predicted molar refractivity (Wildman–Crippen MR) is 174 cm³/mol. The Balaban J connectivity index is 0.000000333. The maximum atomic E-state index is 11.6. The summed E-state index contributed by atoms with van der Waals surface area (Å²) in [4.78, 5) is 0. The molecule has 0 radical (unpaired) electrons. The third-order valence-corrected chi connectivity index (χ3v) is 8.82. The van der Waals surface area contributed by atoms with Gasteiger partial charge in [0.15, 0.2) is 0 Å². The Bertz CT molecular complexity index is 875. The zero-order valence-corrected chi connectivity index (χ0v) is 27.0. The lowest BCUT2D eigenvalue weighted by Gasteiger charge is -2.30. The Kier molecular flexibility index (Phi) is 18.4. The van der Waals surface area contributed by atoms with Crippen LogP contribution >= 0.6 is 11.6 Å². The van der Waals surface area contributed by atoms with Gasteiger partial charge in [0.2, 0.25) is 0 Å². The van der Waals surface area contributed by atoms with Crippen molar-refractivity contribution in [3.8, 4) is 5.75 Å². The minimum atomic E-state index is 0.154. The molecule has 0 saturated heterocycles. The Hall–Kier alpha value is -1.51. The van der Waals surface area contributed by atoms with Gasteiger partial charge in [-0.15, -0.1) is 5.75 Å². The molecule has 2 nitrogen and oxygen atoms in total. The number of quaternary nitrogens is 1. The fourth-order valence-corrected chi connectivity index (χ4v) is 6.32. The van der Waals surface area contributed by atoms with Crippen LogP contribution in [0.4, 0.5) is 0 Å². The average Bonchev–Trinajstić information content (AvgIpc) is 2.95. The third-order valence-electron chi connectivity index (χ3n) is 8.59. The quantitative estimate of drug-likeness (QED) is 0.129. The van der Waals surface area contributed by atoms with Crippen LogP contribution in [0.5, 0.6) is 5.75 Å². The van der Waals surface area contributed by atoms with E-state index in [4.69, 9.17) is 11.6 Å². The summed E-state index contributed by atoms with van der Waals surface area (Å²) in [5.74, 6) is 0.608. The first-order valence-electron chi connectivity index (χ1n) is 16.7. The molecule has 1 fully saturated rings. The summed E-state index contributed by atoms with van der Waals surface area (Å²) in [6.45, 7) is 4.75. The monoisotopic (exact) mass is 569 g/mol. The van der Waals surface area contributed by atoms with Crippen molar-refractivity contribution in [3.63, 3.8) is 0 Å². The number of benzene rings is 2. The molecule has 0 N–H and O–H groups in total. The molecule has 1 aliphatic carbocycles. The number of unbranched alkanes of at least 4 members (excludes halogenated alkanes) is 13. The normalized spacial score (nSPS) is 14.1. The van der Waals surface area contributed by atoms with Crippen molar-refractivity contribution in [2.45, 2.75) is 141 Å². The van der Waals surface area contributed by atoms with E-state index in [0.29, 0.717) is 10.9 Å². The van der Waals surface area contributed by atoms with Crippen molar-refractivity contribution < 1.29 is 9.59 Å². The van der Waals surface area contributed by atoms with Gasteiger partial charge in [-0.25, -0.2) is 0 Å². The molecule has 226 valence electrons. The van der Waals surface area contributed by atoms with E-state index in [1.165, 1.54) is 121 Å². The zero-order valence-electron chi connectivity index (χ0n) is 26.3. The van der Waals surface area contributed by atoms with Crippen LogP contribution in [0, 0.1) is 0 Å². The van der Waals surface area contributed by atoms with Gasteiger partial charge < -0.3 is 9.59 Å². The fraction of sp³-hybridized carbons (Fsp3) is 0.676. The van der Waals surface area contributed by atoms with E-state index in [1.54, 1.807) is 12.1 Å². The van der Waals surface area contributed by atoms with Crippen molar-refractivity contribution in [1.82, 2.24) is 0 Å². The first-order chi connectivity index (χ1) is 19.4. The summed E-state index contributed by atoms with van der Waals surface area (Å²) >= 11 is 5.90. The summed E-state index contributed by atoms with van der Waals surface area (Å²) in [5, 5.41) is 12.3. The van der Waals surface area contributed by atoms with E-state index in [9.17, 15) is 5.11 Å². The molecule has 0 aliphatic heterocycles. The van der Waals surface area contributed by atoms with Crippen LogP contribution < -0.4 is 5.11 Å². The van der Waals surface area contributed by atoms with Gasteiger partial charge in [0.1, 0.15) is 6.54 Å². The van der Waals surface area contributed by atoms with E-state index in [2.05, 4.69) is 51.4 Å². The molecule has 0 unspecified atom stereocenters. The highest BCUT2D eigenvalue weighted by atomic mass is 35.5. The summed E-state index contributed by atoms with van der Waals surface area (Å²) in [7, 11) is 4.74. The van der Waals surface area contributed by atoms with Crippen molar-refractivity contribution in [1.29, 1.82) is 0 Å². The summed E-state index contributed by atoms with van der Waals surface area (Å²) in [6, 6.07) is 16.0. The Morgan fingerprint density at radius 1 is 0.700 bits per heavy atom. The van der Waals surface area contributed by atoms with Gasteiger partial charge in [-0.05, 0) is 43.7 Å². The topological polar surface area (TPSA) is 23.1 Å². The van der Waals surface area contributed by atoms with Crippen LogP contribution in [0.15, 0.2) is 48.5 Å². The predicted octanol–water partition coefficient (Wildman–Crippen LogP) is 11.2. The molecule has 0 atom stereocenters. The second-order valence-electron chi connectivity index (χ2n) is 12.9. The standard InChI is InChI=1S/C25H46N.C12H15ClO/c1-4-5-6-7-8-9-10-11-12-13-14-15-16-20-23-26(2,3)24-25-21-18-17-19-22-25;13-10-6-7-12(14)11(8-10)9-4-2-1-3-5-9/h17-19,21-22H,4-16,20,23-24H2,1-3H3;6-9,14H,1-5H2/q+1;/p-1. The van der Waals surface area contributed by atoms with E-state index < -0.39 is 0 Å². The lowest BCUT2D eigenvalue weighted by atomic mass is 9.84. The van der Waals surface area contributed by atoms with Crippen LogP contribution in [0.1, 0.15) is 146 Å². The van der Waals surface area contributed by atoms with Gasteiger partial charge in [0.05, 0.1) is 20.6 Å². The van der Waals surface area contributed by atoms with Crippen molar-refractivity contribution in [2.75, 3.05) is 20.6 Å². The molecule has 1 aliphatic rings. The highest BCUT2D eigenvalue weighted by molar-refractivity contribution is 6.30. The lowest BCUT2D eigenvalue weighted by molar-refractivity contribution is -0.903. The zero-order chi connectivity index (χ0) is 28.9. The average molecular weight is 570 g/mol. The van der Waals surface area contributed by atoms with Crippen molar-refractivity contribution in [2.24, 2.45) is 0 Å². The number of rotatable bonds is 18. The minimum Gasteiger partial charge on any atom is -0.872 e. The number of halogens is 1. The van der Waals surface area contributed by atoms with E-state index in [-0.39, 0.29) is 5.75 Å². The molecule has 0 heterocycles. The van der Waals surface area contributed by atoms with Crippen LogP contribution in [0.3, 0.4) is 0 Å². The van der Waals surface area contributed by atoms with Gasteiger partial charge in [0, 0.05) is 10.6 Å². The number of hydrogen-bond donors (Lipinski definition) is 0. The lowest BCUT2D eigenvalue weighted by Crippen LogP contribution is -2.39. The van der Waals surface area contributed by atoms with Crippen LogP contribution in [-0.2, 0) is 6.54 Å². The molecule has 40 heavy (non-hydrogen) atoms. The summed E-state index contributed by atoms with van der Waals surface area (Å²) in [5.41, 5.74) is 2.39. The molecular formula is C37H60ClNO. The second-order valence-corrected chi connectivity index (χ2v) is 13.4. The maximum absolute atomic E-state index is 11.6. The van der Waals surface area contributed by atoms with Crippen LogP contribution in [0.2, 0.25) is 5.02 Å². The highest BCUT2D eigenvalue weighted by Crippen LogP contribution is 2.37. The van der Waals surface area contributed by atoms with E-state index >= 15 is 0 Å². The molecule has 2 aromatic rings. The third kappa shape index (κ3) is 16.1. The Morgan fingerprint density at radius 2 is 1.23 bits per heavy atom. The molecule has 1 saturated carbocycles. The van der Waals surface area contributed by atoms with Crippen molar-refractivity contribution in [3.05, 3.63) is 64.7 Å². The molecular weight excluding hydrogens is 510 g/mol. The number of hydrogen-bond acceptors (Lipinski definition) is 1. The molecule has 0 aromatic heterocycles. The van der Waals surface area contributed by atoms with Crippen LogP contribution in [-0.4, -0.2) is 25.1 Å². The first kappa shape index (κ1) is 34.7. The Labute approximate surface area is 253 Å². The maximum Gasteiger partial charge on any atom is 0.104 e. The molecule has 3 heteroatoms. The summed E-state index contributed by atoms with van der Waals surface area (Å²) in [6.07, 6.45) is 26.3. The Morgan fingerprint density at radius 3 is 1.77 bits per heavy atom. The van der Waals surface area contributed by atoms with E-state index in [0.717, 1.165) is 29.4 Å². The number of nitrogens with zero attached hydrogens (tertiary/aromatic N) is 1. The molecule has 0 spiro atoms. The minimum absolute atomic E-state index is 0.154. The van der Waals surface area contributed by atoms with Gasteiger partial charge in [-0.3, -0.25) is 0 Å². The highest BCUT2D eigenvalue weighted by Gasteiger charge is 2.16. The first-order valence-corrected chi connectivity index (χ1v) is 17.1. The molecule has 0 bridgehead atoms. The fourth-order valence-electron chi connectivity index (χ4n) is 6.14. The molecule has 3 rings (SSSR count). The van der Waals surface area contributed by atoms with Crippen molar-refractivity contribution >= 4 is 11.6 Å². The molecule has 0 amide bonds. The smallest absolute Gasteiger partial charge is 0.104 e. The van der Waals surface area contributed by atoms with Gasteiger partial charge in [-0.1, -0.05) is 157 Å². The SMILES string of the molecule is CCCCCCCCCCCCCCCC[N+](C)(C)Cc1ccccc1.[O-]c1ccc(Cl)cc1C1CCCCC1. The van der Waals surface area contributed by atoms with Gasteiger partial charge in [0.25, 0.3) is 0 Å². The molecule has 2 aromatic carbocycles. The largest absolute Gasteiger partial charge is 0.872 e. The van der Waals surface area contributed by atoms with Crippen LogP contribution in [0.25, 0.3) is 0 Å². The van der Waals surface area contributed by atoms with Gasteiger partial charge in [-0.2, -0.15) is 0 Å². The van der Waals surface area contributed by atoms with Gasteiger partial charge >= 0.3 is 0 Å². The second kappa shape index (κ2) is 21.2. The summed E-state index contributed by atoms with van der Waals surface area (Å²) < 4.78 is 1.11. The van der Waals surface area contributed by atoms with E-state index in [1.807, 2.05) is 6.07 Å².